The quantitative estimate of drug-likeness (QED) is 0.377. The number of nitro benzene ring substituents is 1. The van der Waals surface area contributed by atoms with E-state index in [9.17, 15) is 10.1 Å². The first-order valence-electron chi connectivity index (χ1n) is 7.79. The molecule has 0 heterocycles. The summed E-state index contributed by atoms with van der Waals surface area (Å²) in [5.41, 5.74) is 6.24. The molecule has 1 aromatic rings. The number of benzene rings is 1. The molecule has 0 radical (unpaired) electrons. The maximum absolute atomic E-state index is 11.0. The fourth-order valence-corrected chi connectivity index (χ4v) is 2.20. The van der Waals surface area contributed by atoms with Crippen molar-refractivity contribution in [3.05, 3.63) is 33.9 Å². The summed E-state index contributed by atoms with van der Waals surface area (Å²) in [6.07, 6.45) is 8.36. The minimum atomic E-state index is -0.417. The van der Waals surface area contributed by atoms with E-state index < -0.39 is 4.92 Å². The van der Waals surface area contributed by atoms with Crippen LogP contribution in [0.25, 0.3) is 0 Å². The molecule has 0 aliphatic heterocycles. The maximum atomic E-state index is 11.0. The van der Waals surface area contributed by atoms with Gasteiger partial charge in [-0.2, -0.15) is 0 Å². The first-order chi connectivity index (χ1) is 10.2. The summed E-state index contributed by atoms with van der Waals surface area (Å²) < 4.78 is 5.54. The van der Waals surface area contributed by atoms with E-state index in [-0.39, 0.29) is 5.69 Å². The van der Waals surface area contributed by atoms with Crippen molar-refractivity contribution in [2.75, 3.05) is 6.61 Å². The largest absolute Gasteiger partial charge is 0.487 e. The molecule has 0 aliphatic carbocycles. The lowest BCUT2D eigenvalue weighted by molar-refractivity contribution is -0.385. The molecule has 0 unspecified atom stereocenters. The van der Waals surface area contributed by atoms with E-state index >= 15 is 0 Å². The minimum Gasteiger partial charge on any atom is -0.487 e. The summed E-state index contributed by atoms with van der Waals surface area (Å²) >= 11 is 0. The molecular formula is C16H26N2O3. The standard InChI is InChI=1S/C16H26N2O3/c1-2-3-4-5-6-7-8-11-21-16-10-9-14(13-17)12-15(16)18(19)20/h9-10,12H,2-8,11,13,17H2,1H3. The van der Waals surface area contributed by atoms with Crippen molar-refractivity contribution in [3.63, 3.8) is 0 Å². The van der Waals surface area contributed by atoms with E-state index in [0.717, 1.165) is 18.4 Å². The molecule has 0 aliphatic rings. The van der Waals surface area contributed by atoms with Crippen LogP contribution in [0.4, 0.5) is 5.69 Å². The summed E-state index contributed by atoms with van der Waals surface area (Å²) in [6.45, 7) is 3.02. The Hall–Kier alpha value is -1.62. The summed E-state index contributed by atoms with van der Waals surface area (Å²) in [6, 6.07) is 4.90. The SMILES string of the molecule is CCCCCCCCCOc1ccc(CN)cc1[N+](=O)[O-]. The lowest BCUT2D eigenvalue weighted by Gasteiger charge is -2.08. The number of ether oxygens (including phenoxy) is 1. The molecule has 0 spiro atoms. The van der Waals surface area contributed by atoms with Crippen molar-refractivity contribution in [2.45, 2.75) is 58.4 Å². The highest BCUT2D eigenvalue weighted by Crippen LogP contribution is 2.28. The second kappa shape index (κ2) is 10.2. The molecule has 0 amide bonds. The summed E-state index contributed by atoms with van der Waals surface area (Å²) in [5.74, 6) is 0.336. The van der Waals surface area contributed by atoms with Crippen LogP contribution in [0.15, 0.2) is 18.2 Å². The molecule has 0 atom stereocenters. The second-order valence-corrected chi connectivity index (χ2v) is 5.23. The lowest BCUT2D eigenvalue weighted by atomic mass is 10.1. The summed E-state index contributed by atoms with van der Waals surface area (Å²) in [7, 11) is 0. The van der Waals surface area contributed by atoms with Gasteiger partial charge in [0.15, 0.2) is 5.75 Å². The summed E-state index contributed by atoms with van der Waals surface area (Å²) in [5, 5.41) is 11.0. The molecule has 21 heavy (non-hydrogen) atoms. The smallest absolute Gasteiger partial charge is 0.311 e. The van der Waals surface area contributed by atoms with E-state index in [4.69, 9.17) is 10.5 Å². The Balaban J connectivity index is 2.33. The van der Waals surface area contributed by atoms with Crippen LogP contribution >= 0.6 is 0 Å². The molecule has 2 N–H and O–H groups in total. The Labute approximate surface area is 126 Å². The van der Waals surface area contributed by atoms with E-state index in [1.165, 1.54) is 38.2 Å². The van der Waals surface area contributed by atoms with Gasteiger partial charge < -0.3 is 10.5 Å². The van der Waals surface area contributed by atoms with Gasteiger partial charge in [-0.3, -0.25) is 10.1 Å². The van der Waals surface area contributed by atoms with Crippen LogP contribution in [0.1, 0.15) is 57.4 Å². The average Bonchev–Trinajstić information content (AvgIpc) is 2.49. The fourth-order valence-electron chi connectivity index (χ4n) is 2.20. The predicted molar refractivity (Wildman–Crippen MR) is 84.5 cm³/mol. The van der Waals surface area contributed by atoms with Crippen molar-refractivity contribution in [1.29, 1.82) is 0 Å². The predicted octanol–water partition coefficient (Wildman–Crippen LogP) is 4.18. The minimum absolute atomic E-state index is 0.000829. The zero-order chi connectivity index (χ0) is 15.5. The Morgan fingerprint density at radius 3 is 2.43 bits per heavy atom. The number of hydrogen-bond acceptors (Lipinski definition) is 4. The van der Waals surface area contributed by atoms with Crippen LogP contribution in [-0.2, 0) is 6.54 Å². The zero-order valence-corrected chi connectivity index (χ0v) is 12.8. The molecule has 1 aromatic carbocycles. The lowest BCUT2D eigenvalue weighted by Crippen LogP contribution is -2.03. The number of rotatable bonds is 11. The van der Waals surface area contributed by atoms with Crippen LogP contribution in [-0.4, -0.2) is 11.5 Å². The Bertz CT molecular complexity index is 436. The van der Waals surface area contributed by atoms with Crippen LogP contribution in [0.2, 0.25) is 0 Å². The topological polar surface area (TPSA) is 78.4 Å². The molecule has 0 fully saturated rings. The highest BCUT2D eigenvalue weighted by Gasteiger charge is 2.15. The van der Waals surface area contributed by atoms with E-state index in [2.05, 4.69) is 6.92 Å². The maximum Gasteiger partial charge on any atom is 0.311 e. The fraction of sp³-hybridized carbons (Fsp3) is 0.625. The molecule has 5 heteroatoms. The zero-order valence-electron chi connectivity index (χ0n) is 12.8. The third kappa shape index (κ3) is 6.58. The van der Waals surface area contributed by atoms with Gasteiger partial charge in [0.1, 0.15) is 0 Å². The number of hydrogen-bond donors (Lipinski definition) is 1. The van der Waals surface area contributed by atoms with Crippen LogP contribution in [0.3, 0.4) is 0 Å². The van der Waals surface area contributed by atoms with Crippen molar-refractivity contribution in [3.8, 4) is 5.75 Å². The van der Waals surface area contributed by atoms with Crippen LogP contribution < -0.4 is 10.5 Å². The second-order valence-electron chi connectivity index (χ2n) is 5.23. The van der Waals surface area contributed by atoms with Gasteiger partial charge in [-0.05, 0) is 18.1 Å². The number of nitrogens with two attached hydrogens (primary N) is 1. The Morgan fingerprint density at radius 2 is 1.81 bits per heavy atom. The molecule has 0 bridgehead atoms. The first-order valence-corrected chi connectivity index (χ1v) is 7.79. The van der Waals surface area contributed by atoms with E-state index in [1.807, 2.05) is 0 Å². The monoisotopic (exact) mass is 294 g/mol. The highest BCUT2D eigenvalue weighted by molar-refractivity contribution is 5.48. The number of nitro groups is 1. The van der Waals surface area contributed by atoms with Crippen LogP contribution in [0.5, 0.6) is 5.75 Å². The van der Waals surface area contributed by atoms with Gasteiger partial charge in [0.2, 0.25) is 0 Å². The third-order valence-corrected chi connectivity index (χ3v) is 3.46. The van der Waals surface area contributed by atoms with Gasteiger partial charge in [-0.1, -0.05) is 51.5 Å². The van der Waals surface area contributed by atoms with E-state index in [1.54, 1.807) is 12.1 Å². The Morgan fingerprint density at radius 1 is 1.14 bits per heavy atom. The number of nitrogens with zero attached hydrogens (tertiary/aromatic N) is 1. The van der Waals surface area contributed by atoms with Gasteiger partial charge in [-0.15, -0.1) is 0 Å². The molecule has 0 saturated heterocycles. The number of unbranched alkanes of at least 4 members (excludes halogenated alkanes) is 6. The summed E-state index contributed by atoms with van der Waals surface area (Å²) in [4.78, 5) is 10.6. The first kappa shape index (κ1) is 17.4. The third-order valence-electron chi connectivity index (χ3n) is 3.46. The normalized spacial score (nSPS) is 10.6. The van der Waals surface area contributed by atoms with Crippen molar-refractivity contribution in [1.82, 2.24) is 0 Å². The van der Waals surface area contributed by atoms with Gasteiger partial charge in [0, 0.05) is 12.6 Å². The molecule has 0 saturated carbocycles. The van der Waals surface area contributed by atoms with Crippen molar-refractivity contribution >= 4 is 5.69 Å². The van der Waals surface area contributed by atoms with Gasteiger partial charge >= 0.3 is 5.69 Å². The van der Waals surface area contributed by atoms with Crippen molar-refractivity contribution < 1.29 is 9.66 Å². The average molecular weight is 294 g/mol. The molecular weight excluding hydrogens is 268 g/mol. The van der Waals surface area contributed by atoms with Crippen LogP contribution in [0, 0.1) is 10.1 Å². The molecule has 118 valence electrons. The molecule has 5 nitrogen and oxygen atoms in total. The van der Waals surface area contributed by atoms with Gasteiger partial charge in [0.05, 0.1) is 11.5 Å². The Kier molecular flexibility index (Phi) is 8.43. The van der Waals surface area contributed by atoms with Gasteiger partial charge in [-0.25, -0.2) is 0 Å². The van der Waals surface area contributed by atoms with Gasteiger partial charge in [0.25, 0.3) is 0 Å². The van der Waals surface area contributed by atoms with Crippen molar-refractivity contribution in [2.24, 2.45) is 5.73 Å². The van der Waals surface area contributed by atoms with E-state index in [0.29, 0.717) is 18.9 Å². The molecule has 0 aromatic heterocycles. The highest BCUT2D eigenvalue weighted by atomic mass is 16.6. The molecule has 1 rings (SSSR count).